The Balaban J connectivity index is 2.37. The van der Waals surface area contributed by atoms with E-state index >= 15 is 0 Å². The van der Waals surface area contributed by atoms with Crippen molar-refractivity contribution in [3.63, 3.8) is 0 Å². The Bertz CT molecular complexity index is 635. The smallest absolute Gasteiger partial charge is 0.311 e. The first kappa shape index (κ1) is 14.3. The van der Waals surface area contributed by atoms with Crippen molar-refractivity contribution in [3.05, 3.63) is 70.5 Å². The molecule has 2 rings (SSSR count). The van der Waals surface area contributed by atoms with Gasteiger partial charge in [-0.3, -0.25) is 4.79 Å². The molecule has 104 valence electrons. The number of aryl methyl sites for hydroxylation is 2. The van der Waals surface area contributed by atoms with E-state index < -0.39 is 11.9 Å². The van der Waals surface area contributed by atoms with E-state index in [4.69, 9.17) is 0 Å². The zero-order chi connectivity index (χ0) is 14.7. The van der Waals surface area contributed by atoms with Crippen LogP contribution in [0.3, 0.4) is 0 Å². The van der Waals surface area contributed by atoms with Crippen molar-refractivity contribution < 1.29 is 14.3 Å². The second-order valence-corrected chi connectivity index (χ2v) is 5.05. The van der Waals surface area contributed by atoms with E-state index in [9.17, 15) is 14.3 Å². The summed E-state index contributed by atoms with van der Waals surface area (Å²) in [6.07, 6.45) is 0.159. The van der Waals surface area contributed by atoms with Crippen molar-refractivity contribution in [1.82, 2.24) is 0 Å². The fourth-order valence-electron chi connectivity index (χ4n) is 2.43. The number of carboxylic acids is 1. The number of hydrogen-bond acceptors (Lipinski definition) is 1. The largest absolute Gasteiger partial charge is 0.481 e. The first-order chi connectivity index (χ1) is 9.49. The number of benzene rings is 2. The van der Waals surface area contributed by atoms with Crippen molar-refractivity contribution in [1.29, 1.82) is 0 Å². The minimum Gasteiger partial charge on any atom is -0.481 e. The molecule has 0 aliphatic rings. The molecule has 2 nitrogen and oxygen atoms in total. The van der Waals surface area contributed by atoms with E-state index in [1.54, 1.807) is 18.2 Å². The number of halogens is 1. The standard InChI is InChI=1S/C17H17FO2/c1-11-7-8-14(12(2)9-11)15(17(19)20)10-13-5-3-4-6-16(13)18/h3-9,15H,10H2,1-2H3,(H,19,20). The molecule has 0 radical (unpaired) electrons. The number of aliphatic carboxylic acids is 1. The summed E-state index contributed by atoms with van der Waals surface area (Å²) in [5, 5.41) is 9.45. The van der Waals surface area contributed by atoms with Crippen LogP contribution in [0.4, 0.5) is 4.39 Å². The maximum absolute atomic E-state index is 13.7. The maximum Gasteiger partial charge on any atom is 0.311 e. The van der Waals surface area contributed by atoms with Gasteiger partial charge in [-0.05, 0) is 43.0 Å². The highest BCUT2D eigenvalue weighted by atomic mass is 19.1. The molecule has 1 N–H and O–H groups in total. The number of rotatable bonds is 4. The Morgan fingerprint density at radius 2 is 1.90 bits per heavy atom. The summed E-state index contributed by atoms with van der Waals surface area (Å²) < 4.78 is 13.7. The summed E-state index contributed by atoms with van der Waals surface area (Å²) in [7, 11) is 0. The predicted molar refractivity (Wildman–Crippen MR) is 76.4 cm³/mol. The van der Waals surface area contributed by atoms with Crippen LogP contribution in [0, 0.1) is 19.7 Å². The highest BCUT2D eigenvalue weighted by Crippen LogP contribution is 2.26. The van der Waals surface area contributed by atoms with Crippen LogP contribution in [0.1, 0.15) is 28.2 Å². The topological polar surface area (TPSA) is 37.3 Å². The summed E-state index contributed by atoms with van der Waals surface area (Å²) in [4.78, 5) is 11.5. The van der Waals surface area contributed by atoms with Gasteiger partial charge in [-0.2, -0.15) is 0 Å². The van der Waals surface area contributed by atoms with Gasteiger partial charge in [-0.15, -0.1) is 0 Å². The van der Waals surface area contributed by atoms with E-state index in [2.05, 4.69) is 0 Å². The van der Waals surface area contributed by atoms with Crippen LogP contribution >= 0.6 is 0 Å². The molecule has 0 amide bonds. The molecule has 0 fully saturated rings. The lowest BCUT2D eigenvalue weighted by Gasteiger charge is -2.16. The zero-order valence-electron chi connectivity index (χ0n) is 11.6. The average molecular weight is 272 g/mol. The Kier molecular flexibility index (Phi) is 4.18. The molecule has 2 aromatic carbocycles. The summed E-state index contributed by atoms with van der Waals surface area (Å²) in [5.41, 5.74) is 3.18. The minimum absolute atomic E-state index is 0.159. The molecule has 0 saturated heterocycles. The number of hydrogen-bond donors (Lipinski definition) is 1. The fraction of sp³-hybridized carbons (Fsp3) is 0.235. The lowest BCUT2D eigenvalue weighted by atomic mass is 9.88. The molecule has 1 unspecified atom stereocenters. The lowest BCUT2D eigenvalue weighted by molar-refractivity contribution is -0.138. The second-order valence-electron chi connectivity index (χ2n) is 5.05. The quantitative estimate of drug-likeness (QED) is 0.917. The Morgan fingerprint density at radius 1 is 1.20 bits per heavy atom. The number of carboxylic acid groups (broad SMARTS) is 1. The molecule has 0 aliphatic heterocycles. The van der Waals surface area contributed by atoms with Crippen LogP contribution in [0.5, 0.6) is 0 Å². The molecular weight excluding hydrogens is 255 g/mol. The summed E-state index contributed by atoms with van der Waals surface area (Å²) in [5.74, 6) is -2.02. The molecule has 2 aromatic rings. The van der Waals surface area contributed by atoms with Crippen LogP contribution in [-0.2, 0) is 11.2 Å². The van der Waals surface area contributed by atoms with Gasteiger partial charge in [0.2, 0.25) is 0 Å². The van der Waals surface area contributed by atoms with E-state index in [1.807, 2.05) is 32.0 Å². The van der Waals surface area contributed by atoms with Crippen molar-refractivity contribution in [2.45, 2.75) is 26.2 Å². The molecule has 0 heterocycles. The minimum atomic E-state index is -0.930. The first-order valence-corrected chi connectivity index (χ1v) is 6.52. The van der Waals surface area contributed by atoms with Gasteiger partial charge in [0, 0.05) is 0 Å². The molecule has 0 aliphatic carbocycles. The monoisotopic (exact) mass is 272 g/mol. The van der Waals surface area contributed by atoms with Crippen molar-refractivity contribution in [2.24, 2.45) is 0 Å². The Morgan fingerprint density at radius 3 is 2.50 bits per heavy atom. The van der Waals surface area contributed by atoms with Crippen molar-refractivity contribution >= 4 is 5.97 Å². The number of carbonyl (C=O) groups is 1. The van der Waals surface area contributed by atoms with Crippen LogP contribution in [-0.4, -0.2) is 11.1 Å². The molecule has 0 aromatic heterocycles. The molecular formula is C17H17FO2. The molecule has 0 spiro atoms. The SMILES string of the molecule is Cc1ccc(C(Cc2ccccc2F)C(=O)O)c(C)c1. The summed E-state index contributed by atoms with van der Waals surface area (Å²) in [6.45, 7) is 3.85. The third kappa shape index (κ3) is 3.05. The van der Waals surface area contributed by atoms with Gasteiger partial charge in [0.1, 0.15) is 5.82 Å². The van der Waals surface area contributed by atoms with Crippen LogP contribution in [0.25, 0.3) is 0 Å². The second kappa shape index (κ2) is 5.87. The molecule has 1 atom stereocenters. The third-order valence-electron chi connectivity index (χ3n) is 3.48. The van der Waals surface area contributed by atoms with E-state index in [-0.39, 0.29) is 12.2 Å². The van der Waals surface area contributed by atoms with Crippen molar-refractivity contribution in [3.8, 4) is 0 Å². The highest BCUT2D eigenvalue weighted by Gasteiger charge is 2.23. The van der Waals surface area contributed by atoms with Crippen LogP contribution in [0.15, 0.2) is 42.5 Å². The Hall–Kier alpha value is -2.16. The van der Waals surface area contributed by atoms with Crippen molar-refractivity contribution in [2.75, 3.05) is 0 Å². The van der Waals surface area contributed by atoms with Gasteiger partial charge in [-0.1, -0.05) is 42.0 Å². The van der Waals surface area contributed by atoms with E-state index in [1.165, 1.54) is 6.07 Å². The third-order valence-corrected chi connectivity index (χ3v) is 3.48. The normalized spacial score (nSPS) is 12.2. The van der Waals surface area contributed by atoms with E-state index in [0.717, 1.165) is 16.7 Å². The highest BCUT2D eigenvalue weighted by molar-refractivity contribution is 5.77. The summed E-state index contributed by atoms with van der Waals surface area (Å²) in [6, 6.07) is 12.0. The van der Waals surface area contributed by atoms with Gasteiger partial charge in [-0.25, -0.2) is 4.39 Å². The molecule has 20 heavy (non-hydrogen) atoms. The molecule has 0 saturated carbocycles. The Labute approximate surface area is 117 Å². The molecule has 0 bridgehead atoms. The predicted octanol–water partition coefficient (Wildman–Crippen LogP) is 3.85. The van der Waals surface area contributed by atoms with E-state index in [0.29, 0.717) is 5.56 Å². The average Bonchev–Trinajstić information content (AvgIpc) is 2.38. The zero-order valence-corrected chi connectivity index (χ0v) is 11.6. The van der Waals surface area contributed by atoms with Gasteiger partial charge in [0.25, 0.3) is 0 Å². The van der Waals surface area contributed by atoms with Gasteiger partial charge in [0.15, 0.2) is 0 Å². The van der Waals surface area contributed by atoms with Gasteiger partial charge in [0.05, 0.1) is 5.92 Å². The fourth-order valence-corrected chi connectivity index (χ4v) is 2.43. The molecule has 3 heteroatoms. The van der Waals surface area contributed by atoms with Crippen LogP contribution in [0.2, 0.25) is 0 Å². The lowest BCUT2D eigenvalue weighted by Crippen LogP contribution is -2.16. The van der Waals surface area contributed by atoms with Gasteiger partial charge >= 0.3 is 5.97 Å². The first-order valence-electron chi connectivity index (χ1n) is 6.52. The summed E-state index contributed by atoms with van der Waals surface area (Å²) >= 11 is 0. The van der Waals surface area contributed by atoms with Crippen LogP contribution < -0.4 is 0 Å². The van der Waals surface area contributed by atoms with Gasteiger partial charge < -0.3 is 5.11 Å². The maximum atomic E-state index is 13.7.